The maximum Gasteiger partial charge on any atom is 0.305 e. The Morgan fingerprint density at radius 3 is 2.47 bits per heavy atom. The number of carboxylic acid groups (broad SMARTS) is 1. The molecule has 0 aliphatic heterocycles. The van der Waals surface area contributed by atoms with E-state index in [1.807, 2.05) is 37.3 Å². The summed E-state index contributed by atoms with van der Waals surface area (Å²) in [7, 11) is 0. The molecule has 1 unspecified atom stereocenters. The summed E-state index contributed by atoms with van der Waals surface area (Å²) in [4.78, 5) is 24.8. The van der Waals surface area contributed by atoms with Crippen LogP contribution in [0.5, 0.6) is 0 Å². The molecule has 4 nitrogen and oxygen atoms in total. The maximum absolute atomic E-state index is 12.5. The molecule has 1 fully saturated rings. The molecule has 0 bridgehead atoms. The molecule has 0 aromatic heterocycles. The molecule has 0 heterocycles. The second-order valence-corrected chi connectivity index (χ2v) is 5.10. The van der Waals surface area contributed by atoms with E-state index >= 15 is 0 Å². The van der Waals surface area contributed by atoms with Crippen molar-refractivity contribution in [1.29, 1.82) is 0 Å². The zero-order valence-electron chi connectivity index (χ0n) is 11.1. The van der Waals surface area contributed by atoms with Crippen LogP contribution in [-0.4, -0.2) is 23.5 Å². The summed E-state index contributed by atoms with van der Waals surface area (Å²) in [6.07, 6.45) is 2.18. The van der Waals surface area contributed by atoms with Crippen molar-refractivity contribution in [2.24, 2.45) is 11.8 Å². The highest BCUT2D eigenvalue weighted by Crippen LogP contribution is 2.38. The fourth-order valence-electron chi connectivity index (χ4n) is 2.23. The number of hydrogen-bond donors (Lipinski definition) is 1. The Kier molecular flexibility index (Phi) is 4.20. The topological polar surface area (TPSA) is 57.6 Å². The first-order valence-corrected chi connectivity index (χ1v) is 6.68. The molecule has 1 saturated carbocycles. The lowest BCUT2D eigenvalue weighted by atomic mass is 10.0. The molecule has 1 atom stereocenters. The number of rotatable bonds is 6. The number of amides is 1. The second-order valence-electron chi connectivity index (χ2n) is 5.10. The zero-order valence-corrected chi connectivity index (χ0v) is 11.1. The molecule has 19 heavy (non-hydrogen) atoms. The van der Waals surface area contributed by atoms with Crippen LogP contribution in [-0.2, 0) is 9.59 Å². The zero-order chi connectivity index (χ0) is 13.8. The van der Waals surface area contributed by atoms with Crippen molar-refractivity contribution < 1.29 is 14.7 Å². The van der Waals surface area contributed by atoms with Crippen molar-refractivity contribution in [2.75, 3.05) is 11.4 Å². The number of nitrogens with zero attached hydrogens (tertiary/aromatic N) is 1. The van der Waals surface area contributed by atoms with Gasteiger partial charge < -0.3 is 10.0 Å². The van der Waals surface area contributed by atoms with Crippen molar-refractivity contribution in [3.05, 3.63) is 30.3 Å². The number of carbonyl (C=O) groups excluding carboxylic acids is 1. The van der Waals surface area contributed by atoms with E-state index in [-0.39, 0.29) is 24.8 Å². The highest BCUT2D eigenvalue weighted by atomic mass is 16.4. The molecule has 1 aromatic carbocycles. The average molecular weight is 261 g/mol. The van der Waals surface area contributed by atoms with Gasteiger partial charge in [0.15, 0.2) is 0 Å². The van der Waals surface area contributed by atoms with Gasteiger partial charge in [0.2, 0.25) is 5.91 Å². The van der Waals surface area contributed by atoms with Crippen LogP contribution in [0, 0.1) is 11.8 Å². The van der Waals surface area contributed by atoms with Crippen LogP contribution in [0.2, 0.25) is 0 Å². The SMILES string of the molecule is CC(C(=O)N(CCC(=O)O)c1ccccc1)C1CC1. The van der Waals surface area contributed by atoms with Crippen molar-refractivity contribution in [3.8, 4) is 0 Å². The molecule has 0 spiro atoms. The highest BCUT2D eigenvalue weighted by molar-refractivity contribution is 5.95. The van der Waals surface area contributed by atoms with E-state index in [9.17, 15) is 9.59 Å². The van der Waals surface area contributed by atoms with Gasteiger partial charge in [0, 0.05) is 18.2 Å². The summed E-state index contributed by atoms with van der Waals surface area (Å²) in [6.45, 7) is 2.17. The molecule has 0 saturated heterocycles. The lowest BCUT2D eigenvalue weighted by Crippen LogP contribution is -2.37. The first kappa shape index (κ1) is 13.6. The van der Waals surface area contributed by atoms with Crippen molar-refractivity contribution in [2.45, 2.75) is 26.2 Å². The van der Waals surface area contributed by atoms with Gasteiger partial charge in [-0.25, -0.2) is 0 Å². The Morgan fingerprint density at radius 1 is 1.32 bits per heavy atom. The number of para-hydroxylation sites is 1. The molecular weight excluding hydrogens is 242 g/mol. The number of anilines is 1. The first-order chi connectivity index (χ1) is 9.09. The van der Waals surface area contributed by atoms with Crippen LogP contribution in [0.25, 0.3) is 0 Å². The third-order valence-electron chi connectivity index (χ3n) is 3.60. The Morgan fingerprint density at radius 2 is 1.95 bits per heavy atom. The monoisotopic (exact) mass is 261 g/mol. The first-order valence-electron chi connectivity index (χ1n) is 6.68. The van der Waals surface area contributed by atoms with Crippen LogP contribution in [0.15, 0.2) is 30.3 Å². The number of carbonyl (C=O) groups is 2. The summed E-state index contributed by atoms with van der Waals surface area (Å²) in [5, 5.41) is 8.81. The van der Waals surface area contributed by atoms with Gasteiger partial charge >= 0.3 is 5.97 Å². The Hall–Kier alpha value is -1.84. The largest absolute Gasteiger partial charge is 0.481 e. The Labute approximate surface area is 113 Å². The summed E-state index contributed by atoms with van der Waals surface area (Å²) in [5.41, 5.74) is 0.779. The van der Waals surface area contributed by atoms with Crippen molar-refractivity contribution in [1.82, 2.24) is 0 Å². The lowest BCUT2D eigenvalue weighted by Gasteiger charge is -2.25. The smallest absolute Gasteiger partial charge is 0.305 e. The van der Waals surface area contributed by atoms with Gasteiger partial charge in [-0.1, -0.05) is 25.1 Å². The number of aliphatic carboxylic acids is 1. The summed E-state index contributed by atoms with van der Waals surface area (Å²) >= 11 is 0. The Bertz CT molecular complexity index is 454. The molecular formula is C15H19NO3. The second kappa shape index (κ2) is 5.87. The number of carboxylic acids is 1. The minimum Gasteiger partial charge on any atom is -0.481 e. The lowest BCUT2D eigenvalue weighted by molar-refractivity contribution is -0.136. The molecule has 102 valence electrons. The predicted octanol–water partition coefficient (Wildman–Crippen LogP) is 2.54. The van der Waals surface area contributed by atoms with Gasteiger partial charge in [0.05, 0.1) is 6.42 Å². The van der Waals surface area contributed by atoms with E-state index in [0.717, 1.165) is 18.5 Å². The molecule has 2 rings (SSSR count). The third-order valence-corrected chi connectivity index (χ3v) is 3.60. The van der Waals surface area contributed by atoms with E-state index < -0.39 is 5.97 Å². The van der Waals surface area contributed by atoms with Gasteiger partial charge in [-0.2, -0.15) is 0 Å². The maximum atomic E-state index is 12.5. The standard InChI is InChI=1S/C15H19NO3/c1-11(12-7-8-12)15(19)16(10-9-14(17)18)13-5-3-2-4-6-13/h2-6,11-12H,7-10H2,1H3,(H,17,18). The van der Waals surface area contributed by atoms with E-state index in [1.54, 1.807) is 4.90 Å². The van der Waals surface area contributed by atoms with Crippen LogP contribution in [0.4, 0.5) is 5.69 Å². The molecule has 1 aliphatic carbocycles. The Balaban J connectivity index is 2.13. The van der Waals surface area contributed by atoms with Gasteiger partial charge in [0.1, 0.15) is 0 Å². The minimum absolute atomic E-state index is 0.0194. The van der Waals surface area contributed by atoms with Crippen LogP contribution >= 0.6 is 0 Å². The van der Waals surface area contributed by atoms with Crippen LogP contribution in [0.3, 0.4) is 0 Å². The van der Waals surface area contributed by atoms with Gasteiger partial charge in [0.25, 0.3) is 0 Å². The van der Waals surface area contributed by atoms with Crippen molar-refractivity contribution in [3.63, 3.8) is 0 Å². The van der Waals surface area contributed by atoms with Crippen molar-refractivity contribution >= 4 is 17.6 Å². The normalized spacial score (nSPS) is 15.8. The molecule has 1 N–H and O–H groups in total. The fourth-order valence-corrected chi connectivity index (χ4v) is 2.23. The number of benzene rings is 1. The van der Waals surface area contributed by atoms with E-state index in [2.05, 4.69) is 0 Å². The quantitative estimate of drug-likeness (QED) is 0.856. The number of hydrogen-bond acceptors (Lipinski definition) is 2. The highest BCUT2D eigenvalue weighted by Gasteiger charge is 2.35. The molecule has 1 amide bonds. The third kappa shape index (κ3) is 3.56. The van der Waals surface area contributed by atoms with Gasteiger partial charge in [-0.3, -0.25) is 9.59 Å². The van der Waals surface area contributed by atoms with E-state index in [1.165, 1.54) is 0 Å². The molecule has 0 radical (unpaired) electrons. The van der Waals surface area contributed by atoms with E-state index in [4.69, 9.17) is 5.11 Å². The predicted molar refractivity (Wildman–Crippen MR) is 72.9 cm³/mol. The van der Waals surface area contributed by atoms with Gasteiger partial charge in [-0.15, -0.1) is 0 Å². The summed E-state index contributed by atoms with van der Waals surface area (Å²) in [6, 6.07) is 9.29. The molecule has 4 heteroatoms. The summed E-state index contributed by atoms with van der Waals surface area (Å²) < 4.78 is 0. The summed E-state index contributed by atoms with van der Waals surface area (Å²) in [5.74, 6) is -0.389. The molecule has 1 aromatic rings. The molecule has 1 aliphatic rings. The van der Waals surface area contributed by atoms with Gasteiger partial charge in [-0.05, 0) is 30.9 Å². The van der Waals surface area contributed by atoms with Crippen LogP contribution in [0.1, 0.15) is 26.2 Å². The minimum atomic E-state index is -0.882. The fraction of sp³-hybridized carbons (Fsp3) is 0.467. The van der Waals surface area contributed by atoms with E-state index in [0.29, 0.717) is 5.92 Å². The average Bonchev–Trinajstić information content (AvgIpc) is 3.23. The van der Waals surface area contributed by atoms with Crippen LogP contribution < -0.4 is 4.90 Å².